The Balaban J connectivity index is 1.37. The number of hydrogen-bond donors (Lipinski definition) is 2. The van der Waals surface area contributed by atoms with E-state index in [-0.39, 0.29) is 31.7 Å². The van der Waals surface area contributed by atoms with Crippen LogP contribution < -0.4 is 5.32 Å². The number of amides is 2. The monoisotopic (exact) mass is 466 g/mol. The fourth-order valence-corrected chi connectivity index (χ4v) is 4.81. The van der Waals surface area contributed by atoms with Crippen molar-refractivity contribution >= 4 is 12.2 Å². The molecule has 1 saturated heterocycles. The Hall–Kier alpha value is -3.06. The quantitative estimate of drug-likeness (QED) is 0.683. The molecule has 1 heterocycles. The maximum absolute atomic E-state index is 12.7. The predicted octanol–water partition coefficient (Wildman–Crippen LogP) is 4.68. The summed E-state index contributed by atoms with van der Waals surface area (Å²) in [6, 6.07) is 16.1. The number of nitrogens with zero attached hydrogens (tertiary/aromatic N) is 1. The third-order valence-electron chi connectivity index (χ3n) is 6.42. The summed E-state index contributed by atoms with van der Waals surface area (Å²) in [5.74, 6) is -0.0128. The van der Waals surface area contributed by atoms with E-state index in [4.69, 9.17) is 9.47 Å². The molecule has 0 bridgehead atoms. The SMILES string of the molecule is CC(C)(C)OC(=O)N1C[C@](C)(O)CC[C@@H]1CNC(=O)OCC1c2ccccc2-c2ccccc21. The highest BCUT2D eigenvalue weighted by molar-refractivity contribution is 5.79. The van der Waals surface area contributed by atoms with Crippen LogP contribution in [0.25, 0.3) is 11.1 Å². The Morgan fingerprint density at radius 2 is 1.68 bits per heavy atom. The molecule has 0 aromatic heterocycles. The van der Waals surface area contributed by atoms with Gasteiger partial charge in [-0.2, -0.15) is 0 Å². The molecule has 182 valence electrons. The van der Waals surface area contributed by atoms with E-state index >= 15 is 0 Å². The summed E-state index contributed by atoms with van der Waals surface area (Å²) >= 11 is 0. The van der Waals surface area contributed by atoms with Gasteiger partial charge in [-0.15, -0.1) is 0 Å². The van der Waals surface area contributed by atoms with E-state index in [9.17, 15) is 14.7 Å². The van der Waals surface area contributed by atoms with Crippen LogP contribution in [0, 0.1) is 0 Å². The first kappa shape index (κ1) is 24.1. The number of piperidine rings is 1. The van der Waals surface area contributed by atoms with Gasteiger partial charge in [0.15, 0.2) is 0 Å². The predicted molar refractivity (Wildman–Crippen MR) is 130 cm³/mol. The average Bonchev–Trinajstić information content (AvgIpc) is 3.09. The third-order valence-corrected chi connectivity index (χ3v) is 6.42. The largest absolute Gasteiger partial charge is 0.449 e. The van der Waals surface area contributed by atoms with Crippen LogP contribution in [-0.2, 0) is 9.47 Å². The van der Waals surface area contributed by atoms with Crippen molar-refractivity contribution in [2.75, 3.05) is 19.7 Å². The summed E-state index contributed by atoms with van der Waals surface area (Å²) in [4.78, 5) is 26.8. The van der Waals surface area contributed by atoms with E-state index in [1.165, 1.54) is 16.0 Å². The van der Waals surface area contributed by atoms with Gasteiger partial charge < -0.3 is 24.8 Å². The van der Waals surface area contributed by atoms with E-state index in [1.807, 2.05) is 24.3 Å². The number of fused-ring (bicyclic) bond motifs is 3. The first-order valence-corrected chi connectivity index (χ1v) is 11.8. The van der Waals surface area contributed by atoms with Gasteiger partial charge in [-0.1, -0.05) is 48.5 Å². The van der Waals surface area contributed by atoms with Crippen molar-refractivity contribution in [3.8, 4) is 11.1 Å². The number of rotatable bonds is 4. The zero-order chi connectivity index (χ0) is 24.5. The van der Waals surface area contributed by atoms with Gasteiger partial charge in [0.25, 0.3) is 0 Å². The van der Waals surface area contributed by atoms with Crippen LogP contribution in [0.15, 0.2) is 48.5 Å². The molecular formula is C27H34N2O5. The van der Waals surface area contributed by atoms with Gasteiger partial charge in [-0.05, 0) is 62.8 Å². The lowest BCUT2D eigenvalue weighted by Gasteiger charge is -2.42. The van der Waals surface area contributed by atoms with Crippen LogP contribution in [0.4, 0.5) is 9.59 Å². The van der Waals surface area contributed by atoms with Gasteiger partial charge in [-0.25, -0.2) is 9.59 Å². The molecule has 2 aromatic rings. The summed E-state index contributed by atoms with van der Waals surface area (Å²) in [5.41, 5.74) is 3.02. The number of alkyl carbamates (subject to hydrolysis) is 1. The highest BCUT2D eigenvalue weighted by atomic mass is 16.6. The maximum atomic E-state index is 12.7. The Bertz CT molecular complexity index is 1010. The van der Waals surface area contributed by atoms with Crippen molar-refractivity contribution < 1.29 is 24.2 Å². The minimum absolute atomic E-state index is 0.0128. The summed E-state index contributed by atoms with van der Waals surface area (Å²) in [6.07, 6.45) is 0.0642. The number of likely N-dealkylation sites (tertiary alicyclic amines) is 1. The molecule has 2 atom stereocenters. The highest BCUT2D eigenvalue weighted by Gasteiger charge is 2.39. The van der Waals surface area contributed by atoms with E-state index in [2.05, 4.69) is 29.6 Å². The van der Waals surface area contributed by atoms with Crippen LogP contribution in [-0.4, -0.2) is 59.1 Å². The molecule has 0 radical (unpaired) electrons. The molecule has 1 fully saturated rings. The maximum Gasteiger partial charge on any atom is 0.410 e. The number of aliphatic hydroxyl groups is 1. The lowest BCUT2D eigenvalue weighted by atomic mass is 9.90. The molecule has 0 spiro atoms. The van der Waals surface area contributed by atoms with Gasteiger partial charge in [0.2, 0.25) is 0 Å². The number of carbonyl (C=O) groups excluding carboxylic acids is 2. The number of nitrogens with one attached hydrogen (secondary N) is 1. The first-order chi connectivity index (χ1) is 16.0. The van der Waals surface area contributed by atoms with Crippen LogP contribution in [0.1, 0.15) is 57.6 Å². The van der Waals surface area contributed by atoms with Gasteiger partial charge >= 0.3 is 12.2 Å². The highest BCUT2D eigenvalue weighted by Crippen LogP contribution is 2.44. The minimum atomic E-state index is -0.989. The molecular weight excluding hydrogens is 432 g/mol. The van der Waals surface area contributed by atoms with Crippen LogP contribution >= 0.6 is 0 Å². The molecule has 2 aromatic carbocycles. The minimum Gasteiger partial charge on any atom is -0.449 e. The summed E-state index contributed by atoms with van der Waals surface area (Å²) < 4.78 is 11.1. The van der Waals surface area contributed by atoms with Crippen LogP contribution in [0.2, 0.25) is 0 Å². The molecule has 2 N–H and O–H groups in total. The van der Waals surface area contributed by atoms with Gasteiger partial charge in [0.05, 0.1) is 18.2 Å². The fourth-order valence-electron chi connectivity index (χ4n) is 4.81. The smallest absolute Gasteiger partial charge is 0.410 e. The van der Waals surface area contributed by atoms with Gasteiger partial charge in [0, 0.05) is 12.5 Å². The van der Waals surface area contributed by atoms with Crippen molar-refractivity contribution in [3.63, 3.8) is 0 Å². The lowest BCUT2D eigenvalue weighted by Crippen LogP contribution is -2.57. The second kappa shape index (κ2) is 9.29. The van der Waals surface area contributed by atoms with Crippen molar-refractivity contribution in [2.45, 2.75) is 63.7 Å². The summed E-state index contributed by atoms with van der Waals surface area (Å²) in [5, 5.41) is 13.3. The zero-order valence-electron chi connectivity index (χ0n) is 20.3. The first-order valence-electron chi connectivity index (χ1n) is 11.8. The summed E-state index contributed by atoms with van der Waals surface area (Å²) in [6.45, 7) is 7.73. The van der Waals surface area contributed by atoms with E-state index in [0.717, 1.165) is 11.1 Å². The average molecular weight is 467 g/mol. The second-order valence-corrected chi connectivity index (χ2v) is 10.5. The fraction of sp³-hybridized carbons (Fsp3) is 0.481. The standard InChI is InChI=1S/C27H34N2O5/c1-26(2,3)34-25(31)29-17-27(4,32)14-13-18(29)15-28-24(30)33-16-23-21-11-7-5-9-19(21)20-10-6-8-12-22(20)23/h5-12,18,23,32H,13-17H2,1-4H3,(H,28,30)/t18-,27-/m1/s1. The zero-order valence-corrected chi connectivity index (χ0v) is 20.3. The number of β-amino-alcohol motifs (C(OH)–C–C–N with tert-alkyl or cyclic N) is 1. The molecule has 4 rings (SSSR count). The Morgan fingerprint density at radius 1 is 1.09 bits per heavy atom. The number of ether oxygens (including phenoxy) is 2. The van der Waals surface area contributed by atoms with E-state index in [1.54, 1.807) is 27.7 Å². The molecule has 7 heteroatoms. The Kier molecular flexibility index (Phi) is 6.58. The molecule has 0 saturated carbocycles. The molecule has 7 nitrogen and oxygen atoms in total. The second-order valence-electron chi connectivity index (χ2n) is 10.5. The summed E-state index contributed by atoms with van der Waals surface area (Å²) in [7, 11) is 0. The number of benzene rings is 2. The van der Waals surface area contributed by atoms with Gasteiger partial charge in [0.1, 0.15) is 12.2 Å². The van der Waals surface area contributed by atoms with Gasteiger partial charge in [-0.3, -0.25) is 0 Å². The molecule has 0 unspecified atom stereocenters. The van der Waals surface area contributed by atoms with Crippen molar-refractivity contribution in [1.29, 1.82) is 0 Å². The van der Waals surface area contributed by atoms with Crippen molar-refractivity contribution in [2.24, 2.45) is 0 Å². The topological polar surface area (TPSA) is 88.1 Å². The molecule has 1 aliphatic carbocycles. The van der Waals surface area contributed by atoms with Crippen LogP contribution in [0.5, 0.6) is 0 Å². The lowest BCUT2D eigenvalue weighted by molar-refractivity contribution is -0.0507. The normalized spacial score (nSPS) is 22.0. The third kappa shape index (κ3) is 5.36. The molecule has 1 aliphatic heterocycles. The van der Waals surface area contributed by atoms with E-state index < -0.39 is 23.4 Å². The van der Waals surface area contributed by atoms with E-state index in [0.29, 0.717) is 12.8 Å². The van der Waals surface area contributed by atoms with Crippen molar-refractivity contribution in [3.05, 3.63) is 59.7 Å². The Morgan fingerprint density at radius 3 is 2.26 bits per heavy atom. The number of hydrogen-bond acceptors (Lipinski definition) is 5. The number of carbonyl (C=O) groups is 2. The van der Waals surface area contributed by atoms with Crippen molar-refractivity contribution in [1.82, 2.24) is 10.2 Å². The molecule has 2 aliphatic rings. The molecule has 2 amide bonds. The van der Waals surface area contributed by atoms with Crippen LogP contribution in [0.3, 0.4) is 0 Å². The molecule has 34 heavy (non-hydrogen) atoms. The Labute approximate surface area is 201 Å².